The number of carbonyl (C=O) groups excluding carboxylic acids is 1. The summed E-state index contributed by atoms with van der Waals surface area (Å²) in [5.74, 6) is 1.42. The molecular formula is C16H21N5O3. The van der Waals surface area contributed by atoms with Crippen LogP contribution >= 0.6 is 0 Å². The van der Waals surface area contributed by atoms with Crippen molar-refractivity contribution in [2.75, 3.05) is 16.8 Å². The number of nitrogens with zero attached hydrogens (tertiary/aromatic N) is 4. The number of amides is 1. The maximum atomic E-state index is 12.6. The van der Waals surface area contributed by atoms with Crippen LogP contribution in [0.4, 0.5) is 11.6 Å². The van der Waals surface area contributed by atoms with Crippen LogP contribution in [-0.4, -0.2) is 44.8 Å². The summed E-state index contributed by atoms with van der Waals surface area (Å²) >= 11 is 0. The number of rotatable bonds is 3. The standard InChI is InChI=1S/C16H21N5O3/c1-16(2,3)12-7-13(20-24-12)19-15(23)11-6-10(22)8-21(11)14-4-5-17-9-18-14/h4-5,7,9-11,22H,6,8H2,1-3H3,(H,19,20,23)/t10-,11+/m1/s1. The van der Waals surface area contributed by atoms with Gasteiger partial charge in [-0.1, -0.05) is 25.9 Å². The Morgan fingerprint density at radius 1 is 1.46 bits per heavy atom. The van der Waals surface area contributed by atoms with Crippen LogP contribution in [0.5, 0.6) is 0 Å². The van der Waals surface area contributed by atoms with Crippen LogP contribution in [0.15, 0.2) is 29.2 Å². The van der Waals surface area contributed by atoms with Crippen molar-refractivity contribution >= 4 is 17.5 Å². The van der Waals surface area contributed by atoms with E-state index in [0.29, 0.717) is 30.4 Å². The van der Waals surface area contributed by atoms with Gasteiger partial charge in [0.05, 0.1) is 6.10 Å². The lowest BCUT2D eigenvalue weighted by Crippen LogP contribution is -2.40. The highest BCUT2D eigenvalue weighted by molar-refractivity contribution is 5.96. The lowest BCUT2D eigenvalue weighted by Gasteiger charge is -2.23. The van der Waals surface area contributed by atoms with Crippen molar-refractivity contribution in [3.8, 4) is 0 Å². The van der Waals surface area contributed by atoms with Crippen molar-refractivity contribution in [1.82, 2.24) is 15.1 Å². The number of carbonyl (C=O) groups is 1. The van der Waals surface area contributed by atoms with Crippen molar-refractivity contribution in [2.24, 2.45) is 0 Å². The number of aliphatic hydroxyl groups is 1. The van der Waals surface area contributed by atoms with Crippen molar-refractivity contribution in [3.63, 3.8) is 0 Å². The third kappa shape index (κ3) is 3.38. The highest BCUT2D eigenvalue weighted by Gasteiger charge is 2.37. The first-order chi connectivity index (χ1) is 11.3. The van der Waals surface area contributed by atoms with Crippen molar-refractivity contribution in [2.45, 2.75) is 44.8 Å². The van der Waals surface area contributed by atoms with Gasteiger partial charge in [-0.3, -0.25) is 4.79 Å². The molecule has 0 aromatic carbocycles. The van der Waals surface area contributed by atoms with E-state index in [1.54, 1.807) is 23.2 Å². The second-order valence-corrected chi connectivity index (χ2v) is 6.94. The summed E-state index contributed by atoms with van der Waals surface area (Å²) in [5, 5.41) is 16.6. The maximum Gasteiger partial charge on any atom is 0.248 e. The van der Waals surface area contributed by atoms with Crippen LogP contribution < -0.4 is 10.2 Å². The molecule has 2 aromatic heterocycles. The molecule has 1 aliphatic rings. The minimum atomic E-state index is -0.585. The van der Waals surface area contributed by atoms with Crippen molar-refractivity contribution in [3.05, 3.63) is 30.4 Å². The quantitative estimate of drug-likeness (QED) is 0.874. The van der Waals surface area contributed by atoms with E-state index in [4.69, 9.17) is 4.52 Å². The second kappa shape index (κ2) is 6.20. The lowest BCUT2D eigenvalue weighted by atomic mass is 9.93. The topological polar surface area (TPSA) is 104 Å². The predicted octanol–water partition coefficient (Wildman–Crippen LogP) is 1.34. The summed E-state index contributed by atoms with van der Waals surface area (Å²) in [5.41, 5.74) is -0.188. The van der Waals surface area contributed by atoms with Gasteiger partial charge in [-0.2, -0.15) is 0 Å². The van der Waals surface area contributed by atoms with Crippen LogP contribution in [0.2, 0.25) is 0 Å². The molecule has 0 radical (unpaired) electrons. The SMILES string of the molecule is CC(C)(C)c1cc(NC(=O)[C@@H]2C[C@@H](O)CN2c2ccncn2)no1. The molecule has 1 amide bonds. The summed E-state index contributed by atoms with van der Waals surface area (Å²) in [6.45, 7) is 6.36. The Balaban J connectivity index is 1.75. The largest absolute Gasteiger partial charge is 0.391 e. The van der Waals surface area contributed by atoms with Crippen LogP contribution in [-0.2, 0) is 10.2 Å². The Hall–Kier alpha value is -2.48. The van der Waals surface area contributed by atoms with Gasteiger partial charge in [0.15, 0.2) is 5.82 Å². The fourth-order valence-electron chi connectivity index (χ4n) is 2.67. The summed E-state index contributed by atoms with van der Waals surface area (Å²) in [4.78, 5) is 22.4. The number of hydrogen-bond acceptors (Lipinski definition) is 7. The molecule has 0 aliphatic carbocycles. The number of aromatic nitrogens is 3. The molecule has 1 fully saturated rings. The summed E-state index contributed by atoms with van der Waals surface area (Å²) in [7, 11) is 0. The van der Waals surface area contributed by atoms with Crippen molar-refractivity contribution < 1.29 is 14.4 Å². The Kier molecular flexibility index (Phi) is 4.23. The molecule has 3 heterocycles. The van der Waals surface area contributed by atoms with E-state index in [2.05, 4.69) is 20.4 Å². The average Bonchev–Trinajstić information content (AvgIpc) is 3.14. The molecule has 2 aromatic rings. The van der Waals surface area contributed by atoms with Crippen molar-refractivity contribution in [1.29, 1.82) is 0 Å². The maximum absolute atomic E-state index is 12.6. The Morgan fingerprint density at radius 2 is 2.25 bits per heavy atom. The van der Waals surface area contributed by atoms with Gasteiger partial charge in [0, 0.05) is 30.6 Å². The zero-order chi connectivity index (χ0) is 17.3. The lowest BCUT2D eigenvalue weighted by molar-refractivity contribution is -0.117. The van der Waals surface area contributed by atoms with Gasteiger partial charge in [0.2, 0.25) is 5.91 Å². The molecule has 1 aliphatic heterocycles. The van der Waals surface area contributed by atoms with E-state index in [-0.39, 0.29) is 11.3 Å². The molecule has 0 spiro atoms. The second-order valence-electron chi connectivity index (χ2n) is 6.94. The van der Waals surface area contributed by atoms with Crippen LogP contribution in [0.3, 0.4) is 0 Å². The Morgan fingerprint density at radius 3 is 2.88 bits per heavy atom. The molecule has 8 nitrogen and oxygen atoms in total. The first-order valence-corrected chi connectivity index (χ1v) is 7.83. The molecule has 0 bridgehead atoms. The number of β-amino-alcohol motifs (C(OH)–C–C–N with tert-alkyl or cyclic N) is 1. The molecule has 2 atom stereocenters. The number of nitrogens with one attached hydrogen (secondary N) is 1. The Labute approximate surface area is 139 Å². The molecular weight excluding hydrogens is 310 g/mol. The zero-order valence-corrected chi connectivity index (χ0v) is 13.9. The molecule has 0 unspecified atom stereocenters. The van der Waals surface area contributed by atoms with E-state index in [0.717, 1.165) is 0 Å². The van der Waals surface area contributed by atoms with Gasteiger partial charge in [0.1, 0.15) is 23.9 Å². The fourth-order valence-corrected chi connectivity index (χ4v) is 2.67. The Bertz CT molecular complexity index is 710. The minimum Gasteiger partial charge on any atom is -0.391 e. The van der Waals surface area contributed by atoms with E-state index in [1.165, 1.54) is 6.33 Å². The number of hydrogen-bond donors (Lipinski definition) is 2. The minimum absolute atomic E-state index is 0.188. The summed E-state index contributed by atoms with van der Waals surface area (Å²) < 4.78 is 5.28. The normalized spacial score (nSPS) is 21.1. The van der Waals surface area contributed by atoms with Gasteiger partial charge in [0.25, 0.3) is 0 Å². The number of aliphatic hydroxyl groups excluding tert-OH is 1. The van der Waals surface area contributed by atoms with E-state index >= 15 is 0 Å². The molecule has 24 heavy (non-hydrogen) atoms. The summed E-state index contributed by atoms with van der Waals surface area (Å²) in [6, 6.07) is 2.91. The highest BCUT2D eigenvalue weighted by atomic mass is 16.5. The van der Waals surface area contributed by atoms with Crippen LogP contribution in [0.1, 0.15) is 33.0 Å². The van der Waals surface area contributed by atoms with E-state index < -0.39 is 12.1 Å². The summed E-state index contributed by atoms with van der Waals surface area (Å²) in [6.07, 6.45) is 2.77. The van der Waals surface area contributed by atoms with Crippen LogP contribution in [0, 0.1) is 0 Å². The van der Waals surface area contributed by atoms with E-state index in [9.17, 15) is 9.90 Å². The van der Waals surface area contributed by atoms with E-state index in [1.807, 2.05) is 20.8 Å². The monoisotopic (exact) mass is 331 g/mol. The van der Waals surface area contributed by atoms with Gasteiger partial charge < -0.3 is 19.8 Å². The molecule has 3 rings (SSSR count). The van der Waals surface area contributed by atoms with Crippen LogP contribution in [0.25, 0.3) is 0 Å². The van der Waals surface area contributed by atoms with Gasteiger partial charge >= 0.3 is 0 Å². The molecule has 8 heteroatoms. The molecule has 1 saturated heterocycles. The number of anilines is 2. The zero-order valence-electron chi connectivity index (χ0n) is 13.9. The first kappa shape index (κ1) is 16.4. The molecule has 0 saturated carbocycles. The smallest absolute Gasteiger partial charge is 0.248 e. The molecule has 128 valence electrons. The van der Waals surface area contributed by atoms with Gasteiger partial charge in [-0.25, -0.2) is 9.97 Å². The van der Waals surface area contributed by atoms with Gasteiger partial charge in [-0.05, 0) is 6.07 Å². The van der Waals surface area contributed by atoms with Gasteiger partial charge in [-0.15, -0.1) is 0 Å². The molecule has 2 N–H and O–H groups in total. The highest BCUT2D eigenvalue weighted by Crippen LogP contribution is 2.27. The fraction of sp³-hybridized carbons (Fsp3) is 0.500. The third-order valence-corrected chi connectivity index (χ3v) is 3.94. The predicted molar refractivity (Wildman–Crippen MR) is 87.6 cm³/mol. The first-order valence-electron chi connectivity index (χ1n) is 7.83. The average molecular weight is 331 g/mol. The third-order valence-electron chi connectivity index (χ3n) is 3.94.